The molecular weight excluding hydrogens is 268 g/mol. The lowest BCUT2D eigenvalue weighted by Crippen LogP contribution is -2.32. The highest BCUT2D eigenvalue weighted by Crippen LogP contribution is 2.26. The van der Waals surface area contributed by atoms with Crippen LogP contribution in [0.5, 0.6) is 11.5 Å². The molecule has 2 aromatic rings. The first-order valence-electron chi connectivity index (χ1n) is 6.65. The highest BCUT2D eigenvalue weighted by molar-refractivity contribution is 5.91. The first kappa shape index (κ1) is 14.8. The molecular formula is C16H19N2O3+. The third kappa shape index (κ3) is 3.72. The van der Waals surface area contributed by atoms with E-state index in [1.54, 1.807) is 6.20 Å². The second-order valence-electron chi connectivity index (χ2n) is 4.93. The van der Waals surface area contributed by atoms with Crippen LogP contribution in [-0.4, -0.2) is 17.6 Å². The van der Waals surface area contributed by atoms with Gasteiger partial charge < -0.3 is 15.2 Å². The van der Waals surface area contributed by atoms with Crippen molar-refractivity contribution in [1.29, 1.82) is 0 Å². The maximum absolute atomic E-state index is 11.9. The number of hydrogen-bond donors (Lipinski definition) is 2. The number of hydrogen-bond acceptors (Lipinski definition) is 3. The van der Waals surface area contributed by atoms with E-state index < -0.39 is 0 Å². The highest BCUT2D eigenvalue weighted by Gasteiger charge is 2.16. The van der Waals surface area contributed by atoms with Gasteiger partial charge in [0.05, 0.1) is 0 Å². The van der Waals surface area contributed by atoms with Crippen LogP contribution in [0.25, 0.3) is 0 Å². The SMILES string of the molecule is Cc1ccc(NC(=O)COc2c(O)cc[n+](C)c2C)cc1. The molecule has 0 aliphatic heterocycles. The summed E-state index contributed by atoms with van der Waals surface area (Å²) in [7, 11) is 1.84. The Hall–Kier alpha value is -2.56. The number of carbonyl (C=O) groups excluding carboxylic acids is 1. The van der Waals surface area contributed by atoms with Gasteiger partial charge in [0.25, 0.3) is 5.91 Å². The molecule has 5 heteroatoms. The molecule has 0 radical (unpaired) electrons. The third-order valence-corrected chi connectivity index (χ3v) is 3.23. The number of nitrogens with one attached hydrogen (secondary N) is 1. The number of ether oxygens (including phenoxy) is 1. The topological polar surface area (TPSA) is 62.4 Å². The molecule has 2 N–H and O–H groups in total. The lowest BCUT2D eigenvalue weighted by Gasteiger charge is -2.09. The van der Waals surface area contributed by atoms with Crippen LogP contribution < -0.4 is 14.6 Å². The number of nitrogens with zero attached hydrogens (tertiary/aromatic N) is 1. The number of anilines is 1. The molecule has 0 bridgehead atoms. The fraction of sp³-hybridized carbons (Fsp3) is 0.250. The number of amides is 1. The first-order valence-corrected chi connectivity index (χ1v) is 6.65. The molecule has 0 saturated heterocycles. The highest BCUT2D eigenvalue weighted by atomic mass is 16.5. The summed E-state index contributed by atoms with van der Waals surface area (Å²) in [4.78, 5) is 11.9. The van der Waals surface area contributed by atoms with Crippen molar-refractivity contribution in [2.24, 2.45) is 7.05 Å². The maximum Gasteiger partial charge on any atom is 0.262 e. The maximum atomic E-state index is 11.9. The van der Waals surface area contributed by atoms with Gasteiger partial charge in [0.15, 0.2) is 18.6 Å². The standard InChI is InChI=1S/C16H18N2O3/c1-11-4-6-13(7-5-11)17-15(20)10-21-16-12(2)18(3)9-8-14(16)19/h4-9H,10H2,1-3H3,(H,17,20)/p+1. The summed E-state index contributed by atoms with van der Waals surface area (Å²) in [5.41, 5.74) is 2.59. The predicted octanol–water partition coefficient (Wildman–Crippen LogP) is 1.85. The van der Waals surface area contributed by atoms with Crippen LogP contribution in [0, 0.1) is 13.8 Å². The third-order valence-electron chi connectivity index (χ3n) is 3.23. The van der Waals surface area contributed by atoms with Crippen molar-refractivity contribution < 1.29 is 19.2 Å². The minimum Gasteiger partial charge on any atom is -0.504 e. The van der Waals surface area contributed by atoms with Gasteiger partial charge in [0.1, 0.15) is 7.05 Å². The number of carbonyl (C=O) groups is 1. The molecule has 5 nitrogen and oxygen atoms in total. The zero-order valence-electron chi connectivity index (χ0n) is 12.4. The summed E-state index contributed by atoms with van der Waals surface area (Å²) in [6, 6.07) is 9.03. The number of aromatic nitrogens is 1. The van der Waals surface area contributed by atoms with E-state index in [0.717, 1.165) is 11.3 Å². The van der Waals surface area contributed by atoms with Gasteiger partial charge in [-0.15, -0.1) is 0 Å². The second-order valence-corrected chi connectivity index (χ2v) is 4.93. The molecule has 0 aliphatic rings. The Morgan fingerprint density at radius 3 is 2.57 bits per heavy atom. The van der Waals surface area contributed by atoms with Crippen molar-refractivity contribution in [3.63, 3.8) is 0 Å². The molecule has 1 aromatic carbocycles. The lowest BCUT2D eigenvalue weighted by atomic mass is 10.2. The van der Waals surface area contributed by atoms with Crippen molar-refractivity contribution >= 4 is 11.6 Å². The van der Waals surface area contributed by atoms with Crippen LogP contribution in [0.3, 0.4) is 0 Å². The molecule has 0 atom stereocenters. The normalized spacial score (nSPS) is 10.2. The molecule has 1 aromatic heterocycles. The Bertz CT molecular complexity index is 651. The summed E-state index contributed by atoms with van der Waals surface area (Å²) in [5, 5.41) is 12.5. The van der Waals surface area contributed by atoms with Crippen molar-refractivity contribution in [3.05, 3.63) is 47.8 Å². The molecule has 110 valence electrons. The largest absolute Gasteiger partial charge is 0.504 e. The van der Waals surface area contributed by atoms with Gasteiger partial charge >= 0.3 is 0 Å². The molecule has 2 rings (SSSR count). The van der Waals surface area contributed by atoms with Crippen LogP contribution in [0.4, 0.5) is 5.69 Å². The Balaban J connectivity index is 1.98. The van der Waals surface area contributed by atoms with E-state index in [0.29, 0.717) is 11.4 Å². The van der Waals surface area contributed by atoms with Crippen LogP contribution in [-0.2, 0) is 11.8 Å². The Labute approximate surface area is 123 Å². The zero-order valence-corrected chi connectivity index (χ0v) is 12.4. The molecule has 1 heterocycles. The Kier molecular flexibility index (Phi) is 4.42. The van der Waals surface area contributed by atoms with Gasteiger partial charge in [0, 0.05) is 18.7 Å². The molecule has 21 heavy (non-hydrogen) atoms. The van der Waals surface area contributed by atoms with Gasteiger partial charge in [-0.05, 0) is 19.1 Å². The number of benzene rings is 1. The van der Waals surface area contributed by atoms with Gasteiger partial charge in [-0.2, -0.15) is 0 Å². The van der Waals surface area contributed by atoms with Crippen LogP contribution in [0.2, 0.25) is 0 Å². The zero-order chi connectivity index (χ0) is 15.4. The predicted molar refractivity (Wildman–Crippen MR) is 79.3 cm³/mol. The lowest BCUT2D eigenvalue weighted by molar-refractivity contribution is -0.678. The van der Waals surface area contributed by atoms with E-state index in [2.05, 4.69) is 5.32 Å². The van der Waals surface area contributed by atoms with E-state index in [9.17, 15) is 9.90 Å². The summed E-state index contributed by atoms with van der Waals surface area (Å²) in [6.45, 7) is 3.63. The summed E-state index contributed by atoms with van der Waals surface area (Å²) >= 11 is 0. The molecule has 0 spiro atoms. The van der Waals surface area contributed by atoms with E-state index in [-0.39, 0.29) is 18.3 Å². The monoisotopic (exact) mass is 287 g/mol. The quantitative estimate of drug-likeness (QED) is 0.844. The summed E-state index contributed by atoms with van der Waals surface area (Å²) < 4.78 is 7.24. The van der Waals surface area contributed by atoms with E-state index >= 15 is 0 Å². The van der Waals surface area contributed by atoms with Crippen LogP contribution in [0.1, 0.15) is 11.3 Å². The molecule has 0 aliphatic carbocycles. The number of aromatic hydroxyl groups is 1. The smallest absolute Gasteiger partial charge is 0.262 e. The van der Waals surface area contributed by atoms with Gasteiger partial charge in [-0.25, -0.2) is 4.57 Å². The average Bonchev–Trinajstić information content (AvgIpc) is 2.45. The fourth-order valence-corrected chi connectivity index (χ4v) is 1.87. The molecule has 0 fully saturated rings. The van der Waals surface area contributed by atoms with Crippen molar-refractivity contribution in [2.75, 3.05) is 11.9 Å². The summed E-state index contributed by atoms with van der Waals surface area (Å²) in [6.07, 6.45) is 1.73. The molecule has 0 unspecified atom stereocenters. The van der Waals surface area contributed by atoms with Crippen LogP contribution >= 0.6 is 0 Å². The molecule has 0 saturated carbocycles. The number of pyridine rings is 1. The van der Waals surface area contributed by atoms with Crippen molar-refractivity contribution in [1.82, 2.24) is 0 Å². The average molecular weight is 287 g/mol. The van der Waals surface area contributed by atoms with Gasteiger partial charge in [-0.3, -0.25) is 4.79 Å². The van der Waals surface area contributed by atoms with Crippen molar-refractivity contribution in [2.45, 2.75) is 13.8 Å². The first-order chi connectivity index (χ1) is 9.97. The van der Waals surface area contributed by atoms with Crippen LogP contribution in [0.15, 0.2) is 36.5 Å². The Morgan fingerprint density at radius 2 is 1.90 bits per heavy atom. The fourth-order valence-electron chi connectivity index (χ4n) is 1.87. The van der Waals surface area contributed by atoms with Gasteiger partial charge in [-0.1, -0.05) is 17.7 Å². The number of aryl methyl sites for hydroxylation is 2. The Morgan fingerprint density at radius 1 is 1.24 bits per heavy atom. The summed E-state index contributed by atoms with van der Waals surface area (Å²) in [5.74, 6) is 0.0666. The minimum atomic E-state index is -0.274. The second kappa shape index (κ2) is 6.26. The number of rotatable bonds is 4. The van der Waals surface area contributed by atoms with E-state index in [1.807, 2.05) is 49.7 Å². The van der Waals surface area contributed by atoms with E-state index in [1.165, 1.54) is 6.07 Å². The van der Waals surface area contributed by atoms with E-state index in [4.69, 9.17) is 4.74 Å². The van der Waals surface area contributed by atoms with Gasteiger partial charge in [0.2, 0.25) is 11.4 Å². The molecule has 1 amide bonds. The van der Waals surface area contributed by atoms with Crippen molar-refractivity contribution in [3.8, 4) is 11.5 Å². The minimum absolute atomic E-state index is 0.0220.